The quantitative estimate of drug-likeness (QED) is 0.282. The number of hydrogen-bond acceptors (Lipinski definition) is 5. The van der Waals surface area contributed by atoms with E-state index in [1.54, 1.807) is 29.1 Å². The van der Waals surface area contributed by atoms with Crippen LogP contribution in [0, 0.1) is 13.8 Å². The molecule has 1 atom stereocenters. The van der Waals surface area contributed by atoms with Crippen molar-refractivity contribution < 1.29 is 4.79 Å². The van der Waals surface area contributed by atoms with E-state index in [-0.39, 0.29) is 23.9 Å². The second-order valence-corrected chi connectivity index (χ2v) is 10.4. The lowest BCUT2D eigenvalue weighted by atomic mass is 10.1. The molecule has 5 aromatic rings. The van der Waals surface area contributed by atoms with E-state index in [4.69, 9.17) is 23.2 Å². The first-order valence-corrected chi connectivity index (χ1v) is 13.2. The zero-order valence-electron chi connectivity index (χ0n) is 20.3. The largest absolute Gasteiger partial charge is 0.349 e. The molecule has 7 nitrogen and oxygen atoms in total. The van der Waals surface area contributed by atoms with Crippen molar-refractivity contribution in [3.8, 4) is 16.9 Å². The van der Waals surface area contributed by atoms with Gasteiger partial charge in [-0.3, -0.25) is 14.0 Å². The number of halogens is 2. The Bertz CT molecular complexity index is 1690. The van der Waals surface area contributed by atoms with E-state index in [2.05, 4.69) is 15.4 Å². The average molecular weight is 552 g/mol. The second kappa shape index (κ2) is 10.1. The molecular weight excluding hydrogens is 529 g/mol. The van der Waals surface area contributed by atoms with Crippen molar-refractivity contribution in [2.24, 2.45) is 0 Å². The van der Waals surface area contributed by atoms with Crippen LogP contribution < -0.4 is 10.9 Å². The lowest BCUT2D eigenvalue weighted by Crippen LogP contribution is -2.29. The molecule has 2 aromatic carbocycles. The predicted molar refractivity (Wildman–Crippen MR) is 148 cm³/mol. The standard InChI is InChI=1S/C27H23Cl2N5O2S/c1-15-11-23(32-34(15)19-9-10-21(28)22(29)12-19)25-17(3)31-27-33(26(25)36)20(14-37-27)13-24(35)30-16(2)18-7-5-4-6-8-18/h4-12,14,16H,13H2,1-3H3,(H,30,35)/t16-/m1/s1. The van der Waals surface area contributed by atoms with E-state index in [1.165, 1.54) is 15.7 Å². The van der Waals surface area contributed by atoms with Gasteiger partial charge in [-0.15, -0.1) is 11.3 Å². The van der Waals surface area contributed by atoms with Crippen LogP contribution in [-0.2, 0) is 11.2 Å². The lowest BCUT2D eigenvalue weighted by Gasteiger charge is -2.14. The molecule has 0 radical (unpaired) electrons. The van der Waals surface area contributed by atoms with Crippen LogP contribution in [0.25, 0.3) is 21.9 Å². The Morgan fingerprint density at radius 2 is 1.84 bits per heavy atom. The molecule has 0 saturated heterocycles. The number of thiazole rings is 1. The molecule has 0 fully saturated rings. The first-order chi connectivity index (χ1) is 17.7. The number of aromatic nitrogens is 4. The Morgan fingerprint density at radius 3 is 2.57 bits per heavy atom. The normalized spacial score (nSPS) is 12.1. The summed E-state index contributed by atoms with van der Waals surface area (Å²) in [4.78, 5) is 31.8. The number of benzene rings is 2. The zero-order valence-corrected chi connectivity index (χ0v) is 22.7. The number of rotatable bonds is 6. The smallest absolute Gasteiger partial charge is 0.268 e. The van der Waals surface area contributed by atoms with Gasteiger partial charge in [-0.1, -0.05) is 53.5 Å². The van der Waals surface area contributed by atoms with Gasteiger partial charge in [0.05, 0.1) is 39.5 Å². The predicted octanol–water partition coefficient (Wildman–Crippen LogP) is 5.95. The van der Waals surface area contributed by atoms with E-state index in [0.29, 0.717) is 37.7 Å². The molecule has 0 aliphatic heterocycles. The number of amides is 1. The fourth-order valence-electron chi connectivity index (χ4n) is 4.28. The summed E-state index contributed by atoms with van der Waals surface area (Å²) in [5, 5.41) is 10.4. The van der Waals surface area contributed by atoms with Gasteiger partial charge in [0.25, 0.3) is 5.56 Å². The van der Waals surface area contributed by atoms with Gasteiger partial charge in [0.1, 0.15) is 5.69 Å². The summed E-state index contributed by atoms with van der Waals surface area (Å²) in [5.74, 6) is -0.176. The third-order valence-electron chi connectivity index (χ3n) is 6.13. The lowest BCUT2D eigenvalue weighted by molar-refractivity contribution is -0.121. The highest BCUT2D eigenvalue weighted by Gasteiger charge is 2.21. The SMILES string of the molecule is Cc1nc2scc(CC(=O)N[C@H](C)c3ccccc3)n2c(=O)c1-c1cc(C)n(-c2ccc(Cl)c(Cl)c2)n1. The van der Waals surface area contributed by atoms with Gasteiger partial charge < -0.3 is 5.32 Å². The minimum Gasteiger partial charge on any atom is -0.349 e. The van der Waals surface area contributed by atoms with Crippen LogP contribution in [0.4, 0.5) is 0 Å². The summed E-state index contributed by atoms with van der Waals surface area (Å²) in [6.45, 7) is 5.62. The van der Waals surface area contributed by atoms with E-state index < -0.39 is 0 Å². The summed E-state index contributed by atoms with van der Waals surface area (Å²) in [5.41, 5.74) is 4.32. The second-order valence-electron chi connectivity index (χ2n) is 8.78. The Balaban J connectivity index is 1.49. The summed E-state index contributed by atoms with van der Waals surface area (Å²) in [7, 11) is 0. The molecule has 0 bridgehead atoms. The topological polar surface area (TPSA) is 81.3 Å². The minimum atomic E-state index is -0.263. The molecule has 37 heavy (non-hydrogen) atoms. The van der Waals surface area contributed by atoms with Crippen molar-refractivity contribution in [2.45, 2.75) is 33.2 Å². The number of nitrogens with zero attached hydrogens (tertiary/aromatic N) is 4. The van der Waals surface area contributed by atoms with Crippen LogP contribution in [0.2, 0.25) is 10.0 Å². The van der Waals surface area contributed by atoms with Gasteiger partial charge in [0.15, 0.2) is 4.96 Å². The molecule has 1 N–H and O–H groups in total. The van der Waals surface area contributed by atoms with Gasteiger partial charge in [-0.05, 0) is 50.6 Å². The van der Waals surface area contributed by atoms with E-state index in [1.807, 2.05) is 56.3 Å². The highest BCUT2D eigenvalue weighted by atomic mass is 35.5. The number of nitrogens with one attached hydrogen (secondary N) is 1. The van der Waals surface area contributed by atoms with Gasteiger partial charge in [0, 0.05) is 16.8 Å². The first kappa shape index (κ1) is 25.2. The molecule has 0 aliphatic carbocycles. The fraction of sp³-hybridized carbons (Fsp3) is 0.185. The minimum absolute atomic E-state index is 0.0536. The molecule has 5 rings (SSSR count). The maximum atomic E-state index is 13.7. The van der Waals surface area contributed by atoms with Crippen LogP contribution in [0.1, 0.15) is 35.6 Å². The molecule has 0 saturated carbocycles. The van der Waals surface area contributed by atoms with E-state index in [9.17, 15) is 9.59 Å². The van der Waals surface area contributed by atoms with Crippen molar-refractivity contribution in [1.29, 1.82) is 0 Å². The number of carbonyl (C=O) groups excluding carboxylic acids is 1. The van der Waals surface area contributed by atoms with E-state index >= 15 is 0 Å². The molecule has 1 amide bonds. The van der Waals surface area contributed by atoms with Crippen molar-refractivity contribution in [3.05, 3.63) is 103 Å². The maximum absolute atomic E-state index is 13.7. The summed E-state index contributed by atoms with van der Waals surface area (Å²) >= 11 is 13.6. The Labute approximate surface area is 227 Å². The fourth-order valence-corrected chi connectivity index (χ4v) is 5.50. The van der Waals surface area contributed by atoms with Crippen molar-refractivity contribution in [1.82, 2.24) is 24.5 Å². The van der Waals surface area contributed by atoms with Gasteiger partial charge in [-0.25, -0.2) is 9.67 Å². The Hall–Kier alpha value is -3.46. The molecule has 3 aromatic heterocycles. The van der Waals surface area contributed by atoms with Gasteiger partial charge in [0.2, 0.25) is 5.91 Å². The molecule has 188 valence electrons. The first-order valence-electron chi connectivity index (χ1n) is 11.6. The number of aryl methyl sites for hydroxylation is 2. The maximum Gasteiger partial charge on any atom is 0.268 e. The number of hydrogen-bond donors (Lipinski definition) is 1. The van der Waals surface area contributed by atoms with E-state index in [0.717, 1.165) is 16.9 Å². The molecule has 10 heteroatoms. The van der Waals surface area contributed by atoms with Crippen LogP contribution in [-0.4, -0.2) is 25.1 Å². The monoisotopic (exact) mass is 551 g/mol. The molecule has 0 spiro atoms. The Kier molecular flexibility index (Phi) is 6.90. The van der Waals surface area contributed by atoms with Crippen LogP contribution in [0.5, 0.6) is 0 Å². The molecular formula is C27H23Cl2N5O2S. The van der Waals surface area contributed by atoms with Crippen molar-refractivity contribution in [3.63, 3.8) is 0 Å². The van der Waals surface area contributed by atoms with Gasteiger partial charge >= 0.3 is 0 Å². The summed E-state index contributed by atoms with van der Waals surface area (Å²) in [6, 6.07) is 16.7. The van der Waals surface area contributed by atoms with Crippen LogP contribution in [0.3, 0.4) is 0 Å². The molecule has 0 aliphatic rings. The summed E-state index contributed by atoms with van der Waals surface area (Å²) in [6.07, 6.45) is 0.0536. The summed E-state index contributed by atoms with van der Waals surface area (Å²) < 4.78 is 3.21. The highest BCUT2D eigenvalue weighted by molar-refractivity contribution is 7.15. The molecule has 3 heterocycles. The van der Waals surface area contributed by atoms with Crippen molar-refractivity contribution >= 4 is 45.4 Å². The highest BCUT2D eigenvalue weighted by Crippen LogP contribution is 2.27. The van der Waals surface area contributed by atoms with Crippen molar-refractivity contribution in [2.75, 3.05) is 0 Å². The van der Waals surface area contributed by atoms with Crippen LogP contribution >= 0.6 is 34.5 Å². The number of fused-ring (bicyclic) bond motifs is 1. The third-order valence-corrected chi connectivity index (χ3v) is 7.74. The average Bonchev–Trinajstić information content (AvgIpc) is 3.44. The van der Waals surface area contributed by atoms with Gasteiger partial charge in [-0.2, -0.15) is 5.10 Å². The van der Waals surface area contributed by atoms with Crippen LogP contribution in [0.15, 0.2) is 64.8 Å². The number of carbonyl (C=O) groups is 1. The Morgan fingerprint density at radius 1 is 1.08 bits per heavy atom. The third kappa shape index (κ3) is 4.92. The molecule has 0 unspecified atom stereocenters. The zero-order chi connectivity index (χ0) is 26.3.